The molecule has 0 saturated heterocycles. The number of hydrogen-bond donors (Lipinski definition) is 1. The van der Waals surface area contributed by atoms with Gasteiger partial charge in [-0.05, 0) is 30.9 Å². The molecule has 2 unspecified atom stereocenters. The fourth-order valence-corrected chi connectivity index (χ4v) is 2.73. The molecule has 0 amide bonds. The van der Waals surface area contributed by atoms with E-state index in [2.05, 4.69) is 56.4 Å². The molecule has 0 aromatic heterocycles. The van der Waals surface area contributed by atoms with Crippen LogP contribution in [0.5, 0.6) is 0 Å². The summed E-state index contributed by atoms with van der Waals surface area (Å²) in [6, 6.07) is 11.5. The van der Waals surface area contributed by atoms with Gasteiger partial charge in [-0.15, -0.1) is 0 Å². The van der Waals surface area contributed by atoms with Crippen molar-refractivity contribution < 1.29 is 0 Å². The molecule has 1 N–H and O–H groups in total. The fraction of sp³-hybridized carbons (Fsp3) is 0.684. The zero-order valence-corrected chi connectivity index (χ0v) is 13.7. The monoisotopic (exact) mass is 275 g/mol. The van der Waals surface area contributed by atoms with Crippen LogP contribution in [0.25, 0.3) is 0 Å². The van der Waals surface area contributed by atoms with Gasteiger partial charge in [-0.3, -0.25) is 0 Å². The Morgan fingerprint density at radius 3 is 2.15 bits per heavy atom. The van der Waals surface area contributed by atoms with E-state index in [0.717, 1.165) is 5.92 Å². The second kappa shape index (κ2) is 10.9. The zero-order valence-electron chi connectivity index (χ0n) is 13.7. The Bertz CT molecular complexity index is 320. The highest BCUT2D eigenvalue weighted by Gasteiger charge is 2.13. The number of nitrogens with one attached hydrogen (secondary N) is 1. The van der Waals surface area contributed by atoms with Crippen molar-refractivity contribution in [3.05, 3.63) is 35.9 Å². The van der Waals surface area contributed by atoms with Crippen molar-refractivity contribution in [1.29, 1.82) is 0 Å². The number of benzene rings is 1. The van der Waals surface area contributed by atoms with Crippen LogP contribution in [0, 0.1) is 5.92 Å². The predicted octanol–water partition coefficient (Wildman–Crippen LogP) is 5.72. The summed E-state index contributed by atoms with van der Waals surface area (Å²) >= 11 is 0. The highest BCUT2D eigenvalue weighted by Crippen LogP contribution is 2.20. The molecule has 0 aliphatic rings. The van der Waals surface area contributed by atoms with Crippen LogP contribution in [-0.2, 0) is 0 Å². The summed E-state index contributed by atoms with van der Waals surface area (Å²) in [6.07, 6.45) is 9.18. The Labute approximate surface area is 126 Å². The largest absolute Gasteiger partial charge is 0.310 e. The maximum atomic E-state index is 3.83. The first-order chi connectivity index (χ1) is 9.81. The summed E-state index contributed by atoms with van der Waals surface area (Å²) < 4.78 is 0. The van der Waals surface area contributed by atoms with Crippen molar-refractivity contribution in [3.8, 4) is 0 Å². The third-order valence-electron chi connectivity index (χ3n) is 4.24. The van der Waals surface area contributed by atoms with Crippen molar-refractivity contribution in [1.82, 2.24) is 5.32 Å². The molecule has 0 heterocycles. The standard InChI is InChI=1S/C19H33N/c1-4-7-12-17(6-3)16-20-19(15-8-5-2)18-13-10-9-11-14-18/h9-11,13-14,17,19-20H,4-8,12,15-16H2,1-3H3. The van der Waals surface area contributed by atoms with Crippen LogP contribution in [0.1, 0.15) is 77.3 Å². The van der Waals surface area contributed by atoms with E-state index in [-0.39, 0.29) is 0 Å². The van der Waals surface area contributed by atoms with E-state index in [0.29, 0.717) is 6.04 Å². The summed E-state index contributed by atoms with van der Waals surface area (Å²) in [6.45, 7) is 8.05. The van der Waals surface area contributed by atoms with Crippen LogP contribution in [-0.4, -0.2) is 6.54 Å². The Kier molecular flexibility index (Phi) is 9.40. The minimum Gasteiger partial charge on any atom is -0.310 e. The summed E-state index contributed by atoms with van der Waals surface area (Å²) in [5, 5.41) is 3.83. The molecule has 1 aromatic rings. The first-order valence-electron chi connectivity index (χ1n) is 8.60. The third-order valence-corrected chi connectivity index (χ3v) is 4.24. The van der Waals surface area contributed by atoms with Crippen LogP contribution in [0.15, 0.2) is 30.3 Å². The van der Waals surface area contributed by atoms with Crippen molar-refractivity contribution in [2.75, 3.05) is 6.54 Å². The quantitative estimate of drug-likeness (QED) is 0.544. The highest BCUT2D eigenvalue weighted by atomic mass is 14.9. The van der Waals surface area contributed by atoms with E-state index < -0.39 is 0 Å². The van der Waals surface area contributed by atoms with E-state index in [9.17, 15) is 0 Å². The molecule has 1 rings (SSSR count). The second-order valence-corrected chi connectivity index (χ2v) is 5.93. The van der Waals surface area contributed by atoms with Gasteiger partial charge in [-0.1, -0.05) is 83.2 Å². The lowest BCUT2D eigenvalue weighted by molar-refractivity contribution is 0.378. The van der Waals surface area contributed by atoms with E-state index in [4.69, 9.17) is 0 Å². The molecule has 0 aliphatic carbocycles. The smallest absolute Gasteiger partial charge is 0.0320 e. The molecule has 0 radical (unpaired) electrons. The van der Waals surface area contributed by atoms with Crippen LogP contribution in [0.4, 0.5) is 0 Å². The molecular weight excluding hydrogens is 242 g/mol. The van der Waals surface area contributed by atoms with Gasteiger partial charge in [0.25, 0.3) is 0 Å². The SMILES string of the molecule is CCCCC(CC)CNC(CCCC)c1ccccc1. The second-order valence-electron chi connectivity index (χ2n) is 5.93. The maximum absolute atomic E-state index is 3.83. The molecule has 1 aromatic carbocycles. The lowest BCUT2D eigenvalue weighted by Gasteiger charge is -2.23. The molecule has 20 heavy (non-hydrogen) atoms. The lowest BCUT2D eigenvalue weighted by Crippen LogP contribution is -2.27. The third kappa shape index (κ3) is 6.56. The van der Waals surface area contributed by atoms with Gasteiger partial charge in [-0.2, -0.15) is 0 Å². The minimum absolute atomic E-state index is 0.534. The van der Waals surface area contributed by atoms with Crippen molar-refractivity contribution in [2.24, 2.45) is 5.92 Å². The van der Waals surface area contributed by atoms with Gasteiger partial charge in [-0.25, -0.2) is 0 Å². The van der Waals surface area contributed by atoms with Gasteiger partial charge in [0.2, 0.25) is 0 Å². The van der Waals surface area contributed by atoms with Crippen molar-refractivity contribution >= 4 is 0 Å². The van der Waals surface area contributed by atoms with E-state index >= 15 is 0 Å². The first kappa shape index (κ1) is 17.2. The number of rotatable bonds is 11. The first-order valence-corrected chi connectivity index (χ1v) is 8.60. The minimum atomic E-state index is 0.534. The van der Waals surface area contributed by atoms with E-state index in [1.807, 2.05) is 0 Å². The van der Waals surface area contributed by atoms with Crippen molar-refractivity contribution in [3.63, 3.8) is 0 Å². The van der Waals surface area contributed by atoms with Crippen LogP contribution in [0.2, 0.25) is 0 Å². The molecule has 0 fully saturated rings. The summed E-state index contributed by atoms with van der Waals surface area (Å²) in [4.78, 5) is 0. The zero-order chi connectivity index (χ0) is 14.6. The van der Waals surface area contributed by atoms with Gasteiger partial charge in [0.15, 0.2) is 0 Å². The summed E-state index contributed by atoms with van der Waals surface area (Å²) in [5.74, 6) is 0.836. The van der Waals surface area contributed by atoms with Gasteiger partial charge in [0, 0.05) is 6.04 Å². The number of hydrogen-bond acceptors (Lipinski definition) is 1. The summed E-state index contributed by atoms with van der Waals surface area (Å²) in [7, 11) is 0. The topological polar surface area (TPSA) is 12.0 Å². The Morgan fingerprint density at radius 2 is 1.55 bits per heavy atom. The van der Waals surface area contributed by atoms with Gasteiger partial charge < -0.3 is 5.32 Å². The van der Waals surface area contributed by atoms with Crippen LogP contribution in [0.3, 0.4) is 0 Å². The number of unbranched alkanes of at least 4 members (excludes halogenated alkanes) is 2. The Morgan fingerprint density at radius 1 is 0.900 bits per heavy atom. The fourth-order valence-electron chi connectivity index (χ4n) is 2.73. The predicted molar refractivity (Wildman–Crippen MR) is 90.0 cm³/mol. The molecule has 1 heteroatoms. The van der Waals surface area contributed by atoms with E-state index in [1.165, 1.54) is 57.1 Å². The average Bonchev–Trinajstić information content (AvgIpc) is 2.51. The summed E-state index contributed by atoms with van der Waals surface area (Å²) in [5.41, 5.74) is 1.45. The van der Waals surface area contributed by atoms with Crippen LogP contribution >= 0.6 is 0 Å². The van der Waals surface area contributed by atoms with Crippen LogP contribution < -0.4 is 5.32 Å². The molecule has 0 saturated carbocycles. The molecule has 0 aliphatic heterocycles. The Balaban J connectivity index is 2.51. The van der Waals surface area contributed by atoms with Gasteiger partial charge in [0.05, 0.1) is 0 Å². The highest BCUT2D eigenvalue weighted by molar-refractivity contribution is 5.18. The normalized spacial score (nSPS) is 14.2. The Hall–Kier alpha value is -0.820. The van der Waals surface area contributed by atoms with Crippen molar-refractivity contribution in [2.45, 2.75) is 71.8 Å². The average molecular weight is 275 g/mol. The lowest BCUT2D eigenvalue weighted by atomic mass is 9.96. The molecule has 1 nitrogen and oxygen atoms in total. The van der Waals surface area contributed by atoms with E-state index in [1.54, 1.807) is 0 Å². The molecule has 0 bridgehead atoms. The molecule has 114 valence electrons. The maximum Gasteiger partial charge on any atom is 0.0320 e. The molecule has 2 atom stereocenters. The van der Waals surface area contributed by atoms with Gasteiger partial charge in [0.1, 0.15) is 0 Å². The molecule has 0 spiro atoms. The molecular formula is C19H33N. The van der Waals surface area contributed by atoms with Gasteiger partial charge >= 0.3 is 0 Å².